The Morgan fingerprint density at radius 1 is 0.935 bits per heavy atom. The summed E-state index contributed by atoms with van der Waals surface area (Å²) in [6.45, 7) is 3.98. The molecule has 0 aliphatic heterocycles. The van der Waals surface area contributed by atoms with Crippen molar-refractivity contribution in [1.29, 1.82) is 0 Å². The minimum atomic E-state index is -0.907. The summed E-state index contributed by atoms with van der Waals surface area (Å²) < 4.78 is 29.1. The van der Waals surface area contributed by atoms with Crippen molar-refractivity contribution in [2.45, 2.75) is 90.6 Å². The third-order valence-electron chi connectivity index (χ3n) is 5.42. The van der Waals surface area contributed by atoms with Crippen molar-refractivity contribution in [3.05, 3.63) is 53.4 Å². The highest BCUT2D eigenvalue weighted by molar-refractivity contribution is 5.61. The van der Waals surface area contributed by atoms with Crippen LogP contribution >= 0.6 is 0 Å². The number of hydrogen-bond acceptors (Lipinski definition) is 3. The smallest absolute Gasteiger partial charge is 0.170 e. The molecule has 1 unspecified atom stereocenters. The lowest BCUT2D eigenvalue weighted by atomic mass is 10.1. The summed E-state index contributed by atoms with van der Waals surface area (Å²) >= 11 is 0. The fraction of sp³-hybridized carbons (Fsp3) is 0.538. The highest BCUT2D eigenvalue weighted by Crippen LogP contribution is 2.25. The molecule has 0 radical (unpaired) electrons. The van der Waals surface area contributed by atoms with Crippen molar-refractivity contribution >= 4 is 6.08 Å². The number of aliphatic hydroxyl groups is 1. The van der Waals surface area contributed by atoms with Crippen LogP contribution in [0.4, 0.5) is 8.78 Å². The van der Waals surface area contributed by atoms with Gasteiger partial charge in [0.1, 0.15) is 0 Å². The zero-order chi connectivity index (χ0) is 22.5. The van der Waals surface area contributed by atoms with E-state index in [4.69, 9.17) is 0 Å². The number of benzene rings is 1. The Kier molecular flexibility index (Phi) is 11.4. The van der Waals surface area contributed by atoms with Gasteiger partial charge in [-0.2, -0.15) is 0 Å². The van der Waals surface area contributed by atoms with Crippen LogP contribution in [-0.4, -0.2) is 21.2 Å². The molecule has 1 aromatic heterocycles. The lowest BCUT2D eigenvalue weighted by Gasteiger charge is -2.07. The van der Waals surface area contributed by atoms with Crippen molar-refractivity contribution in [3.63, 3.8) is 0 Å². The van der Waals surface area contributed by atoms with Crippen LogP contribution < -0.4 is 0 Å². The molecule has 1 heterocycles. The average Bonchev–Trinajstić information content (AvgIpc) is 2.76. The first-order valence-electron chi connectivity index (χ1n) is 11.7. The Morgan fingerprint density at radius 2 is 1.65 bits per heavy atom. The van der Waals surface area contributed by atoms with Gasteiger partial charge in [0.15, 0.2) is 17.5 Å². The molecule has 1 atom stereocenters. The molecule has 31 heavy (non-hydrogen) atoms. The normalized spacial score (nSPS) is 12.5. The molecular formula is C26H36F2N2O. The van der Waals surface area contributed by atoms with Gasteiger partial charge < -0.3 is 5.11 Å². The van der Waals surface area contributed by atoms with Gasteiger partial charge in [0, 0.05) is 18.0 Å². The molecule has 0 saturated heterocycles. The Bertz CT molecular complexity index is 804. The number of halogens is 2. The average molecular weight is 431 g/mol. The maximum atomic E-state index is 14.6. The summed E-state index contributed by atoms with van der Waals surface area (Å²) in [5.41, 5.74) is 1.31. The molecule has 0 aliphatic rings. The van der Waals surface area contributed by atoms with Gasteiger partial charge in [-0.05, 0) is 50.7 Å². The molecule has 5 heteroatoms. The van der Waals surface area contributed by atoms with E-state index in [-0.39, 0.29) is 23.1 Å². The lowest BCUT2D eigenvalue weighted by Crippen LogP contribution is -1.99. The van der Waals surface area contributed by atoms with E-state index in [0.29, 0.717) is 0 Å². The molecule has 0 amide bonds. The van der Waals surface area contributed by atoms with E-state index in [1.54, 1.807) is 37.5 Å². The Labute approximate surface area is 185 Å². The molecule has 0 aliphatic carbocycles. The first kappa shape index (κ1) is 25.1. The highest BCUT2D eigenvalue weighted by Gasteiger charge is 2.15. The van der Waals surface area contributed by atoms with Gasteiger partial charge in [-0.3, -0.25) is 0 Å². The van der Waals surface area contributed by atoms with Gasteiger partial charge in [0.25, 0.3) is 0 Å². The molecule has 1 N–H and O–H groups in total. The molecule has 0 bridgehead atoms. The minimum absolute atomic E-state index is 0.0812. The van der Waals surface area contributed by atoms with Crippen LogP contribution in [-0.2, 0) is 6.42 Å². The van der Waals surface area contributed by atoms with Crippen LogP contribution in [0.5, 0.6) is 0 Å². The third-order valence-corrected chi connectivity index (χ3v) is 5.42. The van der Waals surface area contributed by atoms with Gasteiger partial charge in [-0.15, -0.1) is 0 Å². The van der Waals surface area contributed by atoms with Crippen LogP contribution in [0.3, 0.4) is 0 Å². The monoisotopic (exact) mass is 430 g/mol. The minimum Gasteiger partial charge on any atom is -0.393 e. The Morgan fingerprint density at radius 3 is 2.35 bits per heavy atom. The highest BCUT2D eigenvalue weighted by atomic mass is 19.2. The van der Waals surface area contributed by atoms with Gasteiger partial charge in [0.2, 0.25) is 0 Å². The zero-order valence-corrected chi connectivity index (χ0v) is 18.9. The number of aliphatic hydroxyl groups excluding tert-OH is 1. The molecule has 0 fully saturated rings. The summed E-state index contributed by atoms with van der Waals surface area (Å²) in [6.07, 6.45) is 18.1. The number of nitrogens with zero attached hydrogens (tertiary/aromatic N) is 2. The first-order valence-corrected chi connectivity index (χ1v) is 11.7. The van der Waals surface area contributed by atoms with Crippen LogP contribution in [0.15, 0.2) is 30.6 Å². The first-order chi connectivity index (χ1) is 15.0. The van der Waals surface area contributed by atoms with Crippen LogP contribution in [0.2, 0.25) is 0 Å². The maximum absolute atomic E-state index is 14.6. The maximum Gasteiger partial charge on any atom is 0.170 e. The van der Waals surface area contributed by atoms with E-state index >= 15 is 0 Å². The molecule has 2 aromatic rings. The Balaban J connectivity index is 1.90. The topological polar surface area (TPSA) is 46.0 Å². The van der Waals surface area contributed by atoms with Crippen LogP contribution in [0, 0.1) is 11.6 Å². The number of unbranched alkanes of at least 4 members (excludes halogenated alkanes) is 7. The number of allylic oxidation sites excluding steroid dienone is 1. The number of aromatic nitrogens is 2. The van der Waals surface area contributed by atoms with Crippen molar-refractivity contribution in [1.82, 2.24) is 9.97 Å². The van der Waals surface area contributed by atoms with Crippen molar-refractivity contribution in [3.8, 4) is 11.4 Å². The van der Waals surface area contributed by atoms with E-state index in [9.17, 15) is 13.9 Å². The fourth-order valence-electron chi connectivity index (χ4n) is 3.51. The van der Waals surface area contributed by atoms with Crippen LogP contribution in [0.25, 0.3) is 17.5 Å². The van der Waals surface area contributed by atoms with Crippen molar-refractivity contribution in [2.24, 2.45) is 0 Å². The van der Waals surface area contributed by atoms with Crippen molar-refractivity contribution in [2.75, 3.05) is 0 Å². The SMILES string of the molecule is CCCCCCCC=Cc1ccc(-c2ncc(CCCCCC(C)O)cn2)c(F)c1F. The molecular weight excluding hydrogens is 394 g/mol. The predicted molar refractivity (Wildman–Crippen MR) is 124 cm³/mol. The summed E-state index contributed by atoms with van der Waals surface area (Å²) in [5, 5.41) is 9.28. The molecule has 1 aromatic carbocycles. The van der Waals surface area contributed by atoms with Gasteiger partial charge in [-0.1, -0.05) is 63.7 Å². The van der Waals surface area contributed by atoms with E-state index in [2.05, 4.69) is 16.9 Å². The number of rotatable bonds is 14. The second-order valence-electron chi connectivity index (χ2n) is 8.30. The Hall–Kier alpha value is -2.14. The fourth-order valence-corrected chi connectivity index (χ4v) is 3.51. The van der Waals surface area contributed by atoms with Crippen molar-refractivity contribution < 1.29 is 13.9 Å². The van der Waals surface area contributed by atoms with E-state index in [1.807, 2.05) is 6.08 Å². The van der Waals surface area contributed by atoms with Gasteiger partial charge >= 0.3 is 0 Å². The van der Waals surface area contributed by atoms with E-state index < -0.39 is 11.6 Å². The van der Waals surface area contributed by atoms with Crippen LogP contribution in [0.1, 0.15) is 89.2 Å². The summed E-state index contributed by atoms with van der Waals surface area (Å²) in [4.78, 5) is 8.49. The molecule has 2 rings (SSSR count). The number of hydrogen-bond donors (Lipinski definition) is 1. The summed E-state index contributed by atoms with van der Waals surface area (Å²) in [5.74, 6) is -1.57. The second-order valence-corrected chi connectivity index (χ2v) is 8.30. The van der Waals surface area contributed by atoms with Gasteiger partial charge in [0.05, 0.1) is 11.7 Å². The third kappa shape index (κ3) is 8.86. The molecule has 0 saturated carbocycles. The molecule has 170 valence electrons. The summed E-state index contributed by atoms with van der Waals surface area (Å²) in [7, 11) is 0. The zero-order valence-electron chi connectivity index (χ0n) is 18.9. The molecule has 3 nitrogen and oxygen atoms in total. The lowest BCUT2D eigenvalue weighted by molar-refractivity contribution is 0.180. The van der Waals surface area contributed by atoms with E-state index in [0.717, 1.165) is 50.5 Å². The number of aryl methyl sites for hydroxylation is 1. The summed E-state index contributed by atoms with van der Waals surface area (Å²) in [6, 6.07) is 3.13. The van der Waals surface area contributed by atoms with Gasteiger partial charge in [-0.25, -0.2) is 18.7 Å². The second kappa shape index (κ2) is 14.0. The largest absolute Gasteiger partial charge is 0.393 e. The standard InChI is InChI=1S/C26H36F2N2O/c1-3-4-5-6-7-8-12-15-22-16-17-23(25(28)24(22)27)26-29-18-21(19-30-26)14-11-9-10-13-20(2)31/h12,15-20,31H,3-11,13-14H2,1-2H3. The molecule has 0 spiro atoms. The predicted octanol–water partition coefficient (Wildman–Crippen LogP) is 7.28. The quantitative estimate of drug-likeness (QED) is 0.320. The van der Waals surface area contributed by atoms with E-state index in [1.165, 1.54) is 25.7 Å².